The van der Waals surface area contributed by atoms with E-state index < -0.39 is 11.6 Å². The Bertz CT molecular complexity index is 549. The molecular formula is C13H13FINO3. The average molecular weight is 377 g/mol. The van der Waals surface area contributed by atoms with Crippen LogP contribution in [0.5, 0.6) is 0 Å². The van der Waals surface area contributed by atoms with Crippen molar-refractivity contribution in [1.82, 2.24) is 4.90 Å². The van der Waals surface area contributed by atoms with Crippen molar-refractivity contribution in [3.8, 4) is 0 Å². The van der Waals surface area contributed by atoms with E-state index in [4.69, 9.17) is 5.11 Å². The van der Waals surface area contributed by atoms with Crippen molar-refractivity contribution < 1.29 is 19.1 Å². The van der Waals surface area contributed by atoms with Crippen LogP contribution in [0.1, 0.15) is 22.3 Å². The normalized spacial score (nSPS) is 22.6. The minimum Gasteiger partial charge on any atom is -0.479 e. The monoisotopic (exact) mass is 377 g/mol. The maximum atomic E-state index is 13.9. The molecule has 0 aliphatic carbocycles. The number of alkyl halides is 1. The van der Waals surface area contributed by atoms with Crippen LogP contribution in [0.2, 0.25) is 0 Å². The summed E-state index contributed by atoms with van der Waals surface area (Å²) in [5.41, 5.74) is -0.881. The van der Waals surface area contributed by atoms with E-state index >= 15 is 0 Å². The van der Waals surface area contributed by atoms with E-state index in [9.17, 15) is 14.0 Å². The van der Waals surface area contributed by atoms with Crippen LogP contribution >= 0.6 is 22.6 Å². The number of hydrogen-bond donors (Lipinski definition) is 1. The zero-order chi connectivity index (χ0) is 14.2. The van der Waals surface area contributed by atoms with Gasteiger partial charge in [-0.1, -0.05) is 11.6 Å². The van der Waals surface area contributed by atoms with Gasteiger partial charge in [-0.15, -0.1) is 0 Å². The standard InChI is InChI=1S/C13H13FINO3/c1-8-2-3-10(15)9(6-8)11(17)16-5-4-13(14,7-16)12(18)19/h2-3,6H,4-5,7H2,1H3,(H,18,19). The van der Waals surface area contributed by atoms with Crippen LogP contribution < -0.4 is 0 Å². The Labute approximate surface area is 123 Å². The number of likely N-dealkylation sites (tertiary alicyclic amines) is 1. The first kappa shape index (κ1) is 14.2. The molecule has 0 saturated carbocycles. The predicted molar refractivity (Wildman–Crippen MR) is 75.9 cm³/mol. The number of rotatable bonds is 2. The van der Waals surface area contributed by atoms with Crippen LogP contribution in [-0.2, 0) is 4.79 Å². The number of nitrogens with zero attached hydrogens (tertiary/aromatic N) is 1. The maximum Gasteiger partial charge on any atom is 0.343 e. The van der Waals surface area contributed by atoms with Gasteiger partial charge in [-0.2, -0.15) is 0 Å². The molecule has 1 fully saturated rings. The summed E-state index contributed by atoms with van der Waals surface area (Å²) < 4.78 is 14.7. The van der Waals surface area contributed by atoms with Gasteiger partial charge in [0.2, 0.25) is 5.67 Å². The second kappa shape index (κ2) is 5.07. The zero-order valence-corrected chi connectivity index (χ0v) is 12.5. The molecule has 0 bridgehead atoms. The van der Waals surface area contributed by atoms with Gasteiger partial charge in [0.15, 0.2) is 0 Å². The average Bonchev–Trinajstić information content (AvgIpc) is 2.76. The summed E-state index contributed by atoms with van der Waals surface area (Å²) >= 11 is 2.04. The Morgan fingerprint density at radius 2 is 2.16 bits per heavy atom. The first-order valence-electron chi connectivity index (χ1n) is 5.81. The summed E-state index contributed by atoms with van der Waals surface area (Å²) in [4.78, 5) is 24.4. The summed E-state index contributed by atoms with van der Waals surface area (Å²) in [6.45, 7) is 1.62. The number of carboxylic acids is 1. The lowest BCUT2D eigenvalue weighted by molar-refractivity contribution is -0.149. The maximum absolute atomic E-state index is 13.9. The van der Waals surface area contributed by atoms with Crippen LogP contribution in [0.4, 0.5) is 4.39 Å². The summed E-state index contributed by atoms with van der Waals surface area (Å²) in [6, 6.07) is 5.45. The van der Waals surface area contributed by atoms with Gasteiger partial charge in [0.1, 0.15) is 0 Å². The Hall–Kier alpha value is -1.18. The quantitative estimate of drug-likeness (QED) is 0.805. The van der Waals surface area contributed by atoms with E-state index in [0.717, 1.165) is 9.13 Å². The highest BCUT2D eigenvalue weighted by Gasteiger charge is 2.47. The number of carbonyl (C=O) groups is 2. The predicted octanol–water partition coefficient (Wildman–Crippen LogP) is 2.24. The van der Waals surface area contributed by atoms with Gasteiger partial charge in [-0.25, -0.2) is 9.18 Å². The van der Waals surface area contributed by atoms with Crippen molar-refractivity contribution in [1.29, 1.82) is 0 Å². The largest absolute Gasteiger partial charge is 0.479 e. The molecule has 1 N–H and O–H groups in total. The fraction of sp³-hybridized carbons (Fsp3) is 0.385. The minimum atomic E-state index is -2.31. The molecule has 1 aliphatic rings. The molecule has 0 aromatic heterocycles. The van der Waals surface area contributed by atoms with Crippen molar-refractivity contribution in [2.75, 3.05) is 13.1 Å². The van der Waals surface area contributed by atoms with Crippen molar-refractivity contribution >= 4 is 34.5 Å². The third-order valence-electron chi connectivity index (χ3n) is 3.24. The van der Waals surface area contributed by atoms with Crippen LogP contribution in [0.25, 0.3) is 0 Å². The summed E-state index contributed by atoms with van der Waals surface area (Å²) in [7, 11) is 0. The lowest BCUT2D eigenvalue weighted by atomic mass is 10.1. The van der Waals surface area contributed by atoms with E-state index in [-0.39, 0.29) is 25.4 Å². The van der Waals surface area contributed by atoms with Crippen molar-refractivity contribution in [3.63, 3.8) is 0 Å². The number of hydrogen-bond acceptors (Lipinski definition) is 2. The van der Waals surface area contributed by atoms with Gasteiger partial charge in [-0.05, 0) is 41.6 Å². The van der Waals surface area contributed by atoms with E-state index in [1.165, 1.54) is 4.90 Å². The fourth-order valence-corrected chi connectivity index (χ4v) is 2.66. The van der Waals surface area contributed by atoms with E-state index in [0.29, 0.717) is 5.56 Å². The lowest BCUT2D eigenvalue weighted by Crippen LogP contribution is -2.39. The summed E-state index contributed by atoms with van der Waals surface area (Å²) in [6.07, 6.45) is -0.156. The van der Waals surface area contributed by atoms with Crippen LogP contribution in [0.15, 0.2) is 18.2 Å². The van der Waals surface area contributed by atoms with E-state index in [2.05, 4.69) is 0 Å². The Morgan fingerprint density at radius 1 is 1.47 bits per heavy atom. The molecule has 1 aromatic carbocycles. The first-order chi connectivity index (χ1) is 8.83. The van der Waals surface area contributed by atoms with Gasteiger partial charge in [0.25, 0.3) is 5.91 Å². The van der Waals surface area contributed by atoms with Gasteiger partial charge in [-0.3, -0.25) is 4.79 Å². The summed E-state index contributed by atoms with van der Waals surface area (Å²) in [5.74, 6) is -1.81. The Morgan fingerprint density at radius 3 is 2.74 bits per heavy atom. The molecule has 1 atom stereocenters. The summed E-state index contributed by atoms with van der Waals surface area (Å²) in [5, 5.41) is 8.83. The Kier molecular flexibility index (Phi) is 3.80. The molecule has 1 amide bonds. The zero-order valence-electron chi connectivity index (χ0n) is 10.3. The van der Waals surface area contributed by atoms with Crippen LogP contribution in [0.3, 0.4) is 0 Å². The molecule has 1 unspecified atom stereocenters. The van der Waals surface area contributed by atoms with Crippen molar-refractivity contribution in [3.05, 3.63) is 32.9 Å². The lowest BCUT2D eigenvalue weighted by Gasteiger charge is -2.18. The molecule has 19 heavy (non-hydrogen) atoms. The van der Waals surface area contributed by atoms with E-state index in [1.54, 1.807) is 6.07 Å². The highest BCUT2D eigenvalue weighted by atomic mass is 127. The van der Waals surface area contributed by atoms with Gasteiger partial charge >= 0.3 is 5.97 Å². The Balaban J connectivity index is 2.22. The number of carboxylic acid groups (broad SMARTS) is 1. The van der Waals surface area contributed by atoms with Gasteiger partial charge < -0.3 is 10.0 Å². The number of carbonyl (C=O) groups excluding carboxylic acids is 1. The molecule has 0 spiro atoms. The molecule has 102 valence electrons. The number of benzene rings is 1. The minimum absolute atomic E-state index is 0.131. The highest BCUT2D eigenvalue weighted by Crippen LogP contribution is 2.28. The molecule has 1 heterocycles. The molecular weight excluding hydrogens is 364 g/mol. The molecule has 1 aliphatic heterocycles. The third-order valence-corrected chi connectivity index (χ3v) is 4.18. The number of aliphatic carboxylic acids is 1. The molecule has 6 heteroatoms. The van der Waals surface area contributed by atoms with Crippen molar-refractivity contribution in [2.45, 2.75) is 19.0 Å². The number of halogens is 2. The number of aryl methyl sites for hydroxylation is 1. The smallest absolute Gasteiger partial charge is 0.343 e. The molecule has 4 nitrogen and oxygen atoms in total. The first-order valence-corrected chi connectivity index (χ1v) is 6.89. The fourth-order valence-electron chi connectivity index (χ4n) is 2.09. The SMILES string of the molecule is Cc1ccc(I)c(C(=O)N2CCC(F)(C(=O)O)C2)c1. The second-order valence-electron chi connectivity index (χ2n) is 4.73. The third kappa shape index (κ3) is 2.72. The highest BCUT2D eigenvalue weighted by molar-refractivity contribution is 14.1. The second-order valence-corrected chi connectivity index (χ2v) is 5.89. The molecule has 2 rings (SSSR count). The number of amides is 1. The molecule has 0 radical (unpaired) electrons. The van der Waals surface area contributed by atoms with Crippen molar-refractivity contribution in [2.24, 2.45) is 0 Å². The van der Waals surface area contributed by atoms with Gasteiger partial charge in [0, 0.05) is 16.5 Å². The van der Waals surface area contributed by atoms with Gasteiger partial charge in [0.05, 0.1) is 12.1 Å². The topological polar surface area (TPSA) is 57.6 Å². The van der Waals surface area contributed by atoms with Crippen LogP contribution in [0, 0.1) is 10.5 Å². The molecule has 1 saturated heterocycles. The molecule has 1 aromatic rings. The van der Waals surface area contributed by atoms with E-state index in [1.807, 2.05) is 41.6 Å². The van der Waals surface area contributed by atoms with Crippen LogP contribution in [-0.4, -0.2) is 40.6 Å².